The maximum Gasteiger partial charge on any atom is 0.335 e. The lowest BCUT2D eigenvalue weighted by molar-refractivity contribution is -0.122. The molecule has 8 heteroatoms. The van der Waals surface area contributed by atoms with Crippen molar-refractivity contribution < 1.29 is 19.1 Å². The van der Waals surface area contributed by atoms with Crippen molar-refractivity contribution in [3.05, 3.63) is 83.2 Å². The normalized spacial score (nSPS) is 15.4. The SMILES string of the molecule is CCOc1ccc(N2C(=O)NC(=O)/C(=C/c3cccn3-c3ccc(Cl)cc3)C2=O)cc1. The molecule has 0 atom stereocenters. The van der Waals surface area contributed by atoms with Gasteiger partial charge in [-0.15, -0.1) is 0 Å². The lowest BCUT2D eigenvalue weighted by atomic mass is 10.1. The summed E-state index contributed by atoms with van der Waals surface area (Å²) in [5.74, 6) is -0.841. The smallest absolute Gasteiger partial charge is 0.335 e. The number of urea groups is 1. The highest BCUT2D eigenvalue weighted by atomic mass is 35.5. The number of rotatable bonds is 5. The molecule has 1 fully saturated rings. The Hall–Kier alpha value is -3.84. The number of hydrogen-bond donors (Lipinski definition) is 1. The molecule has 31 heavy (non-hydrogen) atoms. The van der Waals surface area contributed by atoms with Crippen molar-refractivity contribution in [1.82, 2.24) is 9.88 Å². The molecule has 2 aromatic carbocycles. The zero-order chi connectivity index (χ0) is 22.0. The van der Waals surface area contributed by atoms with Crippen LogP contribution in [0.3, 0.4) is 0 Å². The number of aromatic nitrogens is 1. The lowest BCUT2D eigenvalue weighted by Crippen LogP contribution is -2.54. The summed E-state index contributed by atoms with van der Waals surface area (Å²) in [6, 6.07) is 16.4. The van der Waals surface area contributed by atoms with E-state index in [-0.39, 0.29) is 5.57 Å². The van der Waals surface area contributed by atoms with Crippen LogP contribution < -0.4 is 15.0 Å². The zero-order valence-electron chi connectivity index (χ0n) is 16.5. The first-order chi connectivity index (χ1) is 15.0. The summed E-state index contributed by atoms with van der Waals surface area (Å²) in [7, 11) is 0. The standard InChI is InChI=1S/C23H18ClN3O4/c1-2-31-19-11-9-17(10-12-19)27-22(29)20(21(28)25-23(27)30)14-18-4-3-13-26(18)16-7-5-15(24)6-8-16/h3-14H,2H2,1H3,(H,25,28,30)/b20-14-. The van der Waals surface area contributed by atoms with Gasteiger partial charge in [-0.3, -0.25) is 14.9 Å². The molecule has 1 N–H and O–H groups in total. The molecule has 1 saturated heterocycles. The van der Waals surface area contributed by atoms with Crippen LogP contribution in [0.15, 0.2) is 72.4 Å². The number of hydrogen-bond acceptors (Lipinski definition) is 4. The molecule has 7 nitrogen and oxygen atoms in total. The van der Waals surface area contributed by atoms with E-state index in [0.29, 0.717) is 28.8 Å². The summed E-state index contributed by atoms with van der Waals surface area (Å²) in [6.45, 7) is 2.36. The van der Waals surface area contributed by atoms with Crippen LogP contribution in [-0.2, 0) is 9.59 Å². The topological polar surface area (TPSA) is 80.6 Å². The molecule has 0 bridgehead atoms. The summed E-state index contributed by atoms with van der Waals surface area (Å²) >= 11 is 5.96. The van der Waals surface area contributed by atoms with Gasteiger partial charge in [0.15, 0.2) is 0 Å². The Morgan fingerprint density at radius 2 is 1.65 bits per heavy atom. The fourth-order valence-corrected chi connectivity index (χ4v) is 3.37. The van der Waals surface area contributed by atoms with Gasteiger partial charge in [0.2, 0.25) is 0 Å². The molecule has 3 aromatic rings. The summed E-state index contributed by atoms with van der Waals surface area (Å²) in [4.78, 5) is 38.9. The van der Waals surface area contributed by atoms with E-state index in [0.717, 1.165) is 10.6 Å². The number of barbiturate groups is 1. The number of halogens is 1. The number of imide groups is 2. The van der Waals surface area contributed by atoms with Gasteiger partial charge >= 0.3 is 6.03 Å². The van der Waals surface area contributed by atoms with E-state index in [1.807, 2.05) is 23.6 Å². The van der Waals surface area contributed by atoms with Crippen molar-refractivity contribution in [2.45, 2.75) is 6.92 Å². The van der Waals surface area contributed by atoms with E-state index in [1.165, 1.54) is 6.08 Å². The molecule has 4 rings (SSSR count). The first-order valence-corrected chi connectivity index (χ1v) is 9.93. The van der Waals surface area contributed by atoms with Gasteiger partial charge < -0.3 is 9.30 Å². The number of carbonyl (C=O) groups is 3. The average molecular weight is 436 g/mol. The predicted octanol–water partition coefficient (Wildman–Crippen LogP) is 4.20. The summed E-state index contributed by atoms with van der Waals surface area (Å²) < 4.78 is 7.20. The van der Waals surface area contributed by atoms with Gasteiger partial charge in [-0.1, -0.05) is 11.6 Å². The second-order valence-electron chi connectivity index (χ2n) is 6.66. The Kier molecular flexibility index (Phi) is 5.60. The first kappa shape index (κ1) is 20.4. The monoisotopic (exact) mass is 435 g/mol. The Labute approximate surface area is 183 Å². The molecule has 1 aliphatic heterocycles. The second-order valence-corrected chi connectivity index (χ2v) is 7.10. The van der Waals surface area contributed by atoms with Crippen molar-refractivity contribution in [3.8, 4) is 11.4 Å². The van der Waals surface area contributed by atoms with Gasteiger partial charge in [-0.05, 0) is 73.7 Å². The number of amides is 4. The molecular weight excluding hydrogens is 418 g/mol. The summed E-state index contributed by atoms with van der Waals surface area (Å²) in [5, 5.41) is 2.83. The highest BCUT2D eigenvalue weighted by Gasteiger charge is 2.37. The molecule has 0 aliphatic carbocycles. The van der Waals surface area contributed by atoms with Gasteiger partial charge in [0, 0.05) is 22.6 Å². The third-order valence-corrected chi connectivity index (χ3v) is 4.94. The third-order valence-electron chi connectivity index (χ3n) is 4.68. The average Bonchev–Trinajstić information content (AvgIpc) is 3.21. The van der Waals surface area contributed by atoms with Crippen molar-refractivity contribution in [2.24, 2.45) is 0 Å². The van der Waals surface area contributed by atoms with E-state index in [4.69, 9.17) is 16.3 Å². The van der Waals surface area contributed by atoms with E-state index >= 15 is 0 Å². The van der Waals surface area contributed by atoms with Gasteiger partial charge in [0.05, 0.1) is 12.3 Å². The maximum atomic E-state index is 13.1. The molecular formula is C23H18ClN3O4. The minimum atomic E-state index is -0.801. The highest BCUT2D eigenvalue weighted by Crippen LogP contribution is 2.25. The molecule has 156 valence electrons. The molecule has 0 spiro atoms. The number of nitrogens with one attached hydrogen (secondary N) is 1. The minimum absolute atomic E-state index is 0.151. The van der Waals surface area contributed by atoms with Crippen LogP contribution in [0.1, 0.15) is 12.6 Å². The quantitative estimate of drug-likeness (QED) is 0.481. The van der Waals surface area contributed by atoms with E-state index in [1.54, 1.807) is 54.7 Å². The Morgan fingerprint density at radius 1 is 0.968 bits per heavy atom. The van der Waals surface area contributed by atoms with Crippen molar-refractivity contribution in [1.29, 1.82) is 0 Å². The maximum absolute atomic E-state index is 13.1. The van der Waals surface area contributed by atoms with E-state index < -0.39 is 17.8 Å². The number of benzene rings is 2. The van der Waals surface area contributed by atoms with Crippen LogP contribution in [0.4, 0.5) is 10.5 Å². The van der Waals surface area contributed by atoms with E-state index in [2.05, 4.69) is 5.32 Å². The van der Waals surface area contributed by atoms with Gasteiger partial charge in [-0.2, -0.15) is 0 Å². The van der Waals surface area contributed by atoms with Crippen LogP contribution in [0.5, 0.6) is 5.75 Å². The Bertz CT molecular complexity index is 1180. The zero-order valence-corrected chi connectivity index (χ0v) is 17.3. The minimum Gasteiger partial charge on any atom is -0.494 e. The van der Waals surface area contributed by atoms with Gasteiger partial charge in [-0.25, -0.2) is 9.69 Å². The Morgan fingerprint density at radius 3 is 2.32 bits per heavy atom. The Balaban J connectivity index is 1.69. The third kappa shape index (κ3) is 4.08. The number of anilines is 1. The molecule has 1 aliphatic rings. The first-order valence-electron chi connectivity index (χ1n) is 9.55. The molecule has 0 radical (unpaired) electrons. The largest absolute Gasteiger partial charge is 0.494 e. The molecule has 2 heterocycles. The van der Waals surface area contributed by atoms with E-state index in [9.17, 15) is 14.4 Å². The summed E-state index contributed by atoms with van der Waals surface area (Å²) in [5.41, 5.74) is 1.59. The number of carbonyl (C=O) groups excluding carboxylic acids is 3. The molecule has 4 amide bonds. The lowest BCUT2D eigenvalue weighted by Gasteiger charge is -2.26. The van der Waals surface area contributed by atoms with Crippen LogP contribution in [0, 0.1) is 0 Å². The van der Waals surface area contributed by atoms with Crippen LogP contribution in [0.2, 0.25) is 5.02 Å². The fraction of sp³-hybridized carbons (Fsp3) is 0.0870. The van der Waals surface area contributed by atoms with Crippen molar-refractivity contribution >= 4 is 41.2 Å². The van der Waals surface area contributed by atoms with Crippen LogP contribution >= 0.6 is 11.6 Å². The van der Waals surface area contributed by atoms with Crippen LogP contribution in [0.25, 0.3) is 11.8 Å². The highest BCUT2D eigenvalue weighted by molar-refractivity contribution is 6.39. The number of nitrogens with zero attached hydrogens (tertiary/aromatic N) is 2. The molecule has 0 saturated carbocycles. The van der Waals surface area contributed by atoms with Gasteiger partial charge in [0.1, 0.15) is 11.3 Å². The second kappa shape index (κ2) is 8.49. The van der Waals surface area contributed by atoms with Crippen molar-refractivity contribution in [3.63, 3.8) is 0 Å². The van der Waals surface area contributed by atoms with Crippen LogP contribution in [-0.4, -0.2) is 29.0 Å². The number of ether oxygens (including phenoxy) is 1. The summed E-state index contributed by atoms with van der Waals surface area (Å²) in [6.07, 6.45) is 3.26. The molecule has 1 aromatic heterocycles. The fourth-order valence-electron chi connectivity index (χ4n) is 3.25. The molecule has 0 unspecified atom stereocenters. The predicted molar refractivity (Wildman–Crippen MR) is 117 cm³/mol. The van der Waals surface area contributed by atoms with Crippen molar-refractivity contribution in [2.75, 3.05) is 11.5 Å². The van der Waals surface area contributed by atoms with Gasteiger partial charge in [0.25, 0.3) is 11.8 Å².